The van der Waals surface area contributed by atoms with Crippen LogP contribution in [0, 0.1) is 28.5 Å². The Labute approximate surface area is 378 Å². The van der Waals surface area contributed by atoms with E-state index in [1.54, 1.807) is 39.0 Å². The maximum absolute atomic E-state index is 17.9. The van der Waals surface area contributed by atoms with Crippen molar-refractivity contribution < 1.29 is 45.7 Å². The molecule has 3 fully saturated rings. The molecule has 3 saturated heterocycles. The minimum absolute atomic E-state index is 0.00728. The molecule has 4 aromatic rings. The fraction of sp³-hybridized carbons (Fsp3) is 0.583. The van der Waals surface area contributed by atoms with E-state index in [-0.39, 0.29) is 101 Å². The molecule has 0 radical (unpaired) electrons. The molecule has 3 aliphatic heterocycles. The minimum atomic E-state index is -3.66. The number of anilines is 1. The predicted molar refractivity (Wildman–Crippen MR) is 244 cm³/mol. The van der Waals surface area contributed by atoms with Gasteiger partial charge in [-0.1, -0.05) is 74.3 Å². The Morgan fingerprint density at radius 1 is 1.03 bits per heavy atom. The van der Waals surface area contributed by atoms with Crippen LogP contribution in [0.15, 0.2) is 30.5 Å². The van der Waals surface area contributed by atoms with Crippen LogP contribution in [-0.4, -0.2) is 104 Å². The van der Waals surface area contributed by atoms with E-state index in [1.807, 2.05) is 4.90 Å². The third-order valence-corrected chi connectivity index (χ3v) is 20.2. The average Bonchev–Trinajstić information content (AvgIpc) is 3.75. The van der Waals surface area contributed by atoms with Crippen molar-refractivity contribution in [1.82, 2.24) is 19.9 Å². The van der Waals surface area contributed by atoms with Gasteiger partial charge in [-0.2, -0.15) is 9.97 Å². The van der Waals surface area contributed by atoms with Crippen LogP contribution in [0.1, 0.15) is 93.6 Å². The van der Waals surface area contributed by atoms with Crippen molar-refractivity contribution >= 4 is 41.7 Å². The van der Waals surface area contributed by atoms with E-state index >= 15 is 17.6 Å². The molecule has 2 N–H and O–H groups in total. The second-order valence-electron chi connectivity index (χ2n) is 19.9. The molecule has 7 rings (SSSR count). The summed E-state index contributed by atoms with van der Waals surface area (Å²) in [5.41, 5.74) is 7.44. The van der Waals surface area contributed by atoms with Gasteiger partial charge >= 0.3 is 18.0 Å². The van der Waals surface area contributed by atoms with Gasteiger partial charge in [0.1, 0.15) is 55.5 Å². The van der Waals surface area contributed by atoms with E-state index in [1.165, 1.54) is 24.3 Å². The number of hydrogen-bond donors (Lipinski definition) is 1. The smallest absolute Gasteiger partial charge is 0.404 e. The summed E-state index contributed by atoms with van der Waals surface area (Å²) >= 11 is 0. The van der Waals surface area contributed by atoms with Crippen LogP contribution in [0.2, 0.25) is 16.6 Å². The molecule has 0 saturated carbocycles. The van der Waals surface area contributed by atoms with Crippen LogP contribution in [0.25, 0.3) is 32.9 Å². The first-order valence-corrected chi connectivity index (χ1v) is 24.7. The molecular formula is C48H61F5N6O5Si. The summed E-state index contributed by atoms with van der Waals surface area (Å²) in [7, 11) is -0.938. The van der Waals surface area contributed by atoms with Crippen molar-refractivity contribution in [2.45, 2.75) is 134 Å². The highest BCUT2D eigenvalue weighted by atomic mass is 28.3. The summed E-state index contributed by atoms with van der Waals surface area (Å²) in [4.78, 5) is 29.1. The van der Waals surface area contributed by atoms with E-state index < -0.39 is 61.0 Å². The number of piperidine rings is 1. The number of benzene rings is 2. The molecule has 2 unspecified atom stereocenters. The zero-order valence-electron chi connectivity index (χ0n) is 39.0. The number of aromatic nitrogens is 3. The summed E-state index contributed by atoms with van der Waals surface area (Å²) in [6.45, 7) is 18.5. The SMILES string of the molecule is COCOc1cc(-c2ncc3c(N4CCC(OC(N)=O)C(F)(F)C4C(C)(C)C)nc(OC[C@@]45CCCN4C[C@H](F)C5)nc3c2F)c2c(C#C[Si](C(C)C)(C(C)C)C(C)C)c(F)ccc2c1. The standard InChI is InChI=1S/C48H61F5N6O5Si/c1-27(2)65(28(3)4,29(5)6)19-15-33-36(50)13-12-30-20-32(63-26-61-10)21-34(38(30)33)40-39(51)41-35(23-55-40)42(57-45(56-41)62-25-47-16-11-17-58(47)24-31(49)22-47)59-18-14-37(64-44(54)60)48(52,53)43(59)46(7,8)9/h12-13,20-21,23,27-29,31,37,43H,11,14,16-18,22,24-26H2,1-10H3,(H2,54,60)/t31-,37?,43?,47+/m1/s1. The first kappa shape index (κ1) is 48.1. The van der Waals surface area contributed by atoms with Gasteiger partial charge in [0.2, 0.25) is 0 Å². The maximum Gasteiger partial charge on any atom is 0.404 e. The lowest BCUT2D eigenvalue weighted by Gasteiger charge is -2.50. The summed E-state index contributed by atoms with van der Waals surface area (Å²) in [5.74, 6) is -1.77. The first-order valence-electron chi connectivity index (χ1n) is 22.5. The van der Waals surface area contributed by atoms with Crippen molar-refractivity contribution in [2.24, 2.45) is 11.1 Å². The Hall–Kier alpha value is -4.79. The molecule has 17 heteroatoms. The number of carbonyl (C=O) groups excluding carboxylic acids is 1. The molecule has 5 heterocycles. The zero-order chi connectivity index (χ0) is 47.4. The van der Waals surface area contributed by atoms with Crippen molar-refractivity contribution in [3.8, 4) is 34.5 Å². The number of fused-ring (bicyclic) bond motifs is 3. The molecule has 0 bridgehead atoms. The number of rotatable bonds is 12. The Balaban J connectivity index is 1.48. The monoisotopic (exact) mass is 924 g/mol. The van der Waals surface area contributed by atoms with Gasteiger partial charge < -0.3 is 29.6 Å². The first-order chi connectivity index (χ1) is 30.5. The maximum atomic E-state index is 17.9. The van der Waals surface area contributed by atoms with Crippen molar-refractivity contribution in [3.63, 3.8) is 0 Å². The number of hydrogen-bond acceptors (Lipinski definition) is 10. The third kappa shape index (κ3) is 8.82. The van der Waals surface area contributed by atoms with E-state index in [0.29, 0.717) is 23.7 Å². The predicted octanol–water partition coefficient (Wildman–Crippen LogP) is 10.4. The number of methoxy groups -OCH3 is 1. The van der Waals surface area contributed by atoms with Gasteiger partial charge in [-0.15, -0.1) is 5.54 Å². The Kier molecular flexibility index (Phi) is 13.4. The minimum Gasteiger partial charge on any atom is -0.468 e. The van der Waals surface area contributed by atoms with Gasteiger partial charge in [0, 0.05) is 50.2 Å². The lowest BCUT2D eigenvalue weighted by molar-refractivity contribution is -0.158. The Bertz CT molecular complexity index is 2490. The van der Waals surface area contributed by atoms with Crippen LogP contribution >= 0.6 is 0 Å². The van der Waals surface area contributed by atoms with Gasteiger partial charge in [-0.25, -0.2) is 26.7 Å². The molecule has 3 aliphatic rings. The van der Waals surface area contributed by atoms with Crippen molar-refractivity contribution in [2.75, 3.05) is 45.0 Å². The fourth-order valence-corrected chi connectivity index (χ4v) is 16.4. The van der Waals surface area contributed by atoms with Gasteiger partial charge in [-0.3, -0.25) is 9.88 Å². The summed E-state index contributed by atoms with van der Waals surface area (Å²) in [6, 6.07) is 4.16. The van der Waals surface area contributed by atoms with Gasteiger partial charge in [0.05, 0.1) is 16.5 Å². The van der Waals surface area contributed by atoms with Crippen LogP contribution in [0.5, 0.6) is 11.8 Å². The summed E-state index contributed by atoms with van der Waals surface area (Å²) in [5, 5.41) is 0.787. The molecule has 4 atom stereocenters. The summed E-state index contributed by atoms with van der Waals surface area (Å²) < 4.78 is 105. The Morgan fingerprint density at radius 2 is 1.74 bits per heavy atom. The normalized spacial score (nSPS) is 22.5. The second kappa shape index (κ2) is 18.1. The lowest BCUT2D eigenvalue weighted by atomic mass is 9.77. The van der Waals surface area contributed by atoms with Crippen LogP contribution in [-0.2, 0) is 9.47 Å². The molecule has 2 aromatic carbocycles. The van der Waals surface area contributed by atoms with E-state index in [0.717, 1.165) is 6.42 Å². The highest BCUT2D eigenvalue weighted by Crippen LogP contribution is 2.48. The summed E-state index contributed by atoms with van der Waals surface area (Å²) in [6.07, 6.45) is -1.54. The lowest BCUT2D eigenvalue weighted by Crippen LogP contribution is -2.65. The van der Waals surface area contributed by atoms with Crippen molar-refractivity contribution in [1.29, 1.82) is 0 Å². The number of carbonyl (C=O) groups is 1. The molecular weight excluding hydrogens is 864 g/mol. The van der Waals surface area contributed by atoms with E-state index in [4.69, 9.17) is 29.7 Å². The molecule has 2 aromatic heterocycles. The number of ether oxygens (including phenoxy) is 4. The van der Waals surface area contributed by atoms with E-state index in [9.17, 15) is 9.18 Å². The third-order valence-electron chi connectivity index (χ3n) is 13.9. The number of halogens is 5. The molecule has 65 heavy (non-hydrogen) atoms. The van der Waals surface area contributed by atoms with Crippen LogP contribution in [0.3, 0.4) is 0 Å². The number of primary amides is 1. The number of alkyl halides is 3. The van der Waals surface area contributed by atoms with Gasteiger partial charge in [-0.05, 0) is 65.0 Å². The molecule has 0 spiro atoms. The zero-order valence-corrected chi connectivity index (χ0v) is 40.0. The molecule has 1 amide bonds. The Morgan fingerprint density at radius 3 is 2.38 bits per heavy atom. The number of nitrogens with zero attached hydrogens (tertiary/aromatic N) is 5. The highest BCUT2D eigenvalue weighted by Gasteiger charge is 2.59. The quantitative estimate of drug-likeness (QED) is 0.0635. The largest absolute Gasteiger partial charge is 0.468 e. The highest BCUT2D eigenvalue weighted by molar-refractivity contribution is 6.90. The van der Waals surface area contributed by atoms with Gasteiger partial charge in [0.15, 0.2) is 18.7 Å². The van der Waals surface area contributed by atoms with E-state index in [2.05, 4.69) is 63.0 Å². The van der Waals surface area contributed by atoms with Gasteiger partial charge in [0.25, 0.3) is 0 Å². The number of pyridine rings is 1. The van der Waals surface area contributed by atoms with Crippen LogP contribution < -0.4 is 20.1 Å². The average molecular weight is 925 g/mol. The molecule has 352 valence electrons. The van der Waals surface area contributed by atoms with Crippen molar-refractivity contribution in [3.05, 3.63) is 47.7 Å². The second-order valence-corrected chi connectivity index (χ2v) is 25.5. The number of nitrogens with two attached hydrogens (primary N) is 1. The molecule has 0 aliphatic carbocycles. The molecule has 11 nitrogen and oxygen atoms in total. The fourth-order valence-electron chi connectivity index (χ4n) is 11.2. The topological polar surface area (TPSA) is 125 Å². The van der Waals surface area contributed by atoms with Crippen LogP contribution in [0.4, 0.5) is 32.6 Å². The number of amides is 1.